The SMILES string of the molecule is CSC1CN(C(=O)[C@@H](N)C(C)C)CC1N(C)C. The first-order chi connectivity index (χ1) is 7.88. The molecule has 5 heteroatoms. The fourth-order valence-electron chi connectivity index (χ4n) is 2.16. The zero-order valence-corrected chi connectivity index (χ0v) is 12.3. The number of carbonyl (C=O) groups is 1. The smallest absolute Gasteiger partial charge is 0.239 e. The lowest BCUT2D eigenvalue weighted by atomic mass is 10.0. The summed E-state index contributed by atoms with van der Waals surface area (Å²) in [5.74, 6) is 0.303. The van der Waals surface area contributed by atoms with E-state index in [1.807, 2.05) is 30.5 Å². The molecular formula is C12H25N3OS. The number of carbonyl (C=O) groups excluding carboxylic acids is 1. The minimum absolute atomic E-state index is 0.100. The fourth-order valence-corrected chi connectivity index (χ4v) is 3.13. The van der Waals surface area contributed by atoms with Gasteiger partial charge in [-0.2, -0.15) is 11.8 Å². The molecule has 0 spiro atoms. The van der Waals surface area contributed by atoms with Crippen molar-refractivity contribution in [1.29, 1.82) is 0 Å². The molecule has 0 aromatic carbocycles. The normalized spacial score (nSPS) is 26.9. The van der Waals surface area contributed by atoms with E-state index >= 15 is 0 Å². The molecule has 0 aromatic rings. The molecule has 1 rings (SSSR count). The van der Waals surface area contributed by atoms with E-state index < -0.39 is 0 Å². The minimum Gasteiger partial charge on any atom is -0.339 e. The van der Waals surface area contributed by atoms with Gasteiger partial charge in [-0.25, -0.2) is 0 Å². The predicted molar refractivity (Wildman–Crippen MR) is 74.2 cm³/mol. The van der Waals surface area contributed by atoms with Crippen LogP contribution >= 0.6 is 11.8 Å². The van der Waals surface area contributed by atoms with Crippen LogP contribution in [0.5, 0.6) is 0 Å². The predicted octanol–water partition coefficient (Wildman–Crippen LogP) is 0.474. The molecule has 4 nitrogen and oxygen atoms in total. The Balaban J connectivity index is 2.67. The molecule has 3 atom stereocenters. The van der Waals surface area contributed by atoms with E-state index in [1.165, 1.54) is 0 Å². The van der Waals surface area contributed by atoms with Crippen LogP contribution in [0, 0.1) is 5.92 Å². The van der Waals surface area contributed by atoms with Crippen molar-refractivity contribution in [3.63, 3.8) is 0 Å². The summed E-state index contributed by atoms with van der Waals surface area (Å²) >= 11 is 1.83. The van der Waals surface area contributed by atoms with Crippen LogP contribution in [0.1, 0.15) is 13.8 Å². The van der Waals surface area contributed by atoms with Crippen molar-refractivity contribution in [2.75, 3.05) is 33.4 Å². The van der Waals surface area contributed by atoms with Gasteiger partial charge in [-0.15, -0.1) is 0 Å². The van der Waals surface area contributed by atoms with E-state index in [0.29, 0.717) is 11.3 Å². The minimum atomic E-state index is -0.363. The van der Waals surface area contributed by atoms with Gasteiger partial charge in [-0.1, -0.05) is 13.8 Å². The Labute approximate surface area is 109 Å². The van der Waals surface area contributed by atoms with Crippen LogP contribution in [0.3, 0.4) is 0 Å². The summed E-state index contributed by atoms with van der Waals surface area (Å²) in [6, 6.07) is 0.0757. The molecule has 2 N–H and O–H groups in total. The lowest BCUT2D eigenvalue weighted by Crippen LogP contribution is -2.46. The van der Waals surface area contributed by atoms with E-state index in [0.717, 1.165) is 13.1 Å². The third-order valence-corrected chi connectivity index (χ3v) is 4.59. The van der Waals surface area contributed by atoms with E-state index in [2.05, 4.69) is 25.3 Å². The number of rotatable bonds is 4. The standard InChI is InChI=1S/C12H25N3OS/c1-8(2)11(13)12(16)15-6-9(14(3)4)10(7-15)17-5/h8-11H,6-7,13H2,1-5H3/t9?,10?,11-/m0/s1. The van der Waals surface area contributed by atoms with Gasteiger partial charge in [0.05, 0.1) is 6.04 Å². The molecule has 0 radical (unpaired) electrons. The van der Waals surface area contributed by atoms with Crippen LogP contribution < -0.4 is 5.73 Å². The summed E-state index contributed by atoms with van der Waals surface area (Å²) in [6.45, 7) is 5.61. The first kappa shape index (κ1) is 14.8. The second kappa shape index (κ2) is 6.07. The molecule has 1 heterocycles. The number of nitrogens with zero attached hydrogens (tertiary/aromatic N) is 2. The molecule has 2 unspecified atom stereocenters. The van der Waals surface area contributed by atoms with E-state index in [4.69, 9.17) is 5.73 Å². The maximum absolute atomic E-state index is 12.2. The molecule has 0 saturated carbocycles. The maximum Gasteiger partial charge on any atom is 0.239 e. The highest BCUT2D eigenvalue weighted by atomic mass is 32.2. The van der Waals surface area contributed by atoms with Gasteiger partial charge in [0.25, 0.3) is 0 Å². The molecule has 1 fully saturated rings. The molecular weight excluding hydrogens is 234 g/mol. The molecule has 0 aromatic heterocycles. The number of likely N-dealkylation sites (tertiary alicyclic amines) is 1. The zero-order valence-electron chi connectivity index (χ0n) is 11.5. The van der Waals surface area contributed by atoms with E-state index in [9.17, 15) is 4.79 Å². The lowest BCUT2D eigenvalue weighted by Gasteiger charge is -2.24. The van der Waals surface area contributed by atoms with Gasteiger partial charge in [0.2, 0.25) is 5.91 Å². The van der Waals surface area contributed by atoms with Crippen LogP contribution in [0.15, 0.2) is 0 Å². The first-order valence-electron chi connectivity index (χ1n) is 6.12. The molecule has 0 bridgehead atoms. The second-order valence-electron chi connectivity index (χ2n) is 5.32. The number of hydrogen-bond acceptors (Lipinski definition) is 4. The highest BCUT2D eigenvalue weighted by Gasteiger charge is 2.37. The van der Waals surface area contributed by atoms with Gasteiger partial charge in [0.15, 0.2) is 0 Å². The number of likely N-dealkylation sites (N-methyl/N-ethyl adjacent to an activating group) is 1. The van der Waals surface area contributed by atoms with Crippen molar-refractivity contribution < 1.29 is 4.79 Å². The first-order valence-corrected chi connectivity index (χ1v) is 7.40. The van der Waals surface area contributed by atoms with Crippen LogP contribution in [0.4, 0.5) is 0 Å². The number of hydrogen-bond donors (Lipinski definition) is 1. The third kappa shape index (κ3) is 3.36. The Morgan fingerprint density at radius 1 is 1.41 bits per heavy atom. The van der Waals surface area contributed by atoms with Gasteiger partial charge in [0.1, 0.15) is 0 Å². The van der Waals surface area contributed by atoms with Gasteiger partial charge < -0.3 is 15.5 Å². The summed E-state index contributed by atoms with van der Waals surface area (Å²) in [5, 5.41) is 0.494. The highest BCUT2D eigenvalue weighted by Crippen LogP contribution is 2.24. The summed E-state index contributed by atoms with van der Waals surface area (Å²) in [6.07, 6.45) is 2.11. The Morgan fingerprint density at radius 3 is 2.35 bits per heavy atom. The Hall–Kier alpha value is -0.260. The Morgan fingerprint density at radius 2 is 2.00 bits per heavy atom. The van der Waals surface area contributed by atoms with Gasteiger partial charge >= 0.3 is 0 Å². The summed E-state index contributed by atoms with van der Waals surface area (Å²) < 4.78 is 0. The highest BCUT2D eigenvalue weighted by molar-refractivity contribution is 7.99. The summed E-state index contributed by atoms with van der Waals surface area (Å²) in [7, 11) is 4.15. The number of amides is 1. The summed E-state index contributed by atoms with van der Waals surface area (Å²) in [4.78, 5) is 16.3. The van der Waals surface area contributed by atoms with Crippen LogP contribution in [0.2, 0.25) is 0 Å². The van der Waals surface area contributed by atoms with Gasteiger partial charge in [0, 0.05) is 24.4 Å². The van der Waals surface area contributed by atoms with Crippen LogP contribution in [-0.4, -0.2) is 66.5 Å². The monoisotopic (exact) mass is 259 g/mol. The van der Waals surface area contributed by atoms with Crippen molar-refractivity contribution in [3.8, 4) is 0 Å². The fraction of sp³-hybridized carbons (Fsp3) is 0.917. The average Bonchev–Trinajstić information content (AvgIpc) is 2.70. The van der Waals surface area contributed by atoms with E-state index in [1.54, 1.807) is 0 Å². The van der Waals surface area contributed by atoms with Gasteiger partial charge in [-0.3, -0.25) is 4.79 Å². The molecule has 100 valence electrons. The van der Waals surface area contributed by atoms with Crippen LogP contribution in [-0.2, 0) is 4.79 Å². The Bertz CT molecular complexity index is 270. The van der Waals surface area contributed by atoms with Crippen molar-refractivity contribution in [2.24, 2.45) is 11.7 Å². The second-order valence-corrected chi connectivity index (χ2v) is 6.40. The van der Waals surface area contributed by atoms with Crippen LogP contribution in [0.25, 0.3) is 0 Å². The lowest BCUT2D eigenvalue weighted by molar-refractivity contribution is -0.132. The molecule has 1 amide bonds. The van der Waals surface area contributed by atoms with Crippen molar-refractivity contribution >= 4 is 17.7 Å². The topological polar surface area (TPSA) is 49.6 Å². The number of nitrogens with two attached hydrogens (primary N) is 1. The third-order valence-electron chi connectivity index (χ3n) is 3.52. The molecule has 17 heavy (non-hydrogen) atoms. The largest absolute Gasteiger partial charge is 0.339 e. The van der Waals surface area contributed by atoms with Gasteiger partial charge in [-0.05, 0) is 26.3 Å². The average molecular weight is 259 g/mol. The molecule has 1 aliphatic rings. The summed E-state index contributed by atoms with van der Waals surface area (Å²) in [5.41, 5.74) is 5.94. The number of thioether (sulfide) groups is 1. The zero-order chi connectivity index (χ0) is 13.2. The van der Waals surface area contributed by atoms with E-state index in [-0.39, 0.29) is 17.9 Å². The van der Waals surface area contributed by atoms with Crippen molar-refractivity contribution in [2.45, 2.75) is 31.2 Å². The molecule has 0 aliphatic carbocycles. The quantitative estimate of drug-likeness (QED) is 0.797. The Kier molecular flexibility index (Phi) is 5.28. The van der Waals surface area contributed by atoms with Crippen molar-refractivity contribution in [3.05, 3.63) is 0 Å². The molecule has 1 saturated heterocycles. The van der Waals surface area contributed by atoms with Crippen molar-refractivity contribution in [1.82, 2.24) is 9.80 Å². The molecule has 1 aliphatic heterocycles. The maximum atomic E-state index is 12.2.